The number of hydrogen-bond acceptors (Lipinski definition) is 11. The molecular formula is C46H60F3N3O10S. The summed E-state index contributed by atoms with van der Waals surface area (Å²) in [6.07, 6.45) is 5.94. The van der Waals surface area contributed by atoms with E-state index in [9.17, 15) is 36.0 Å². The number of nitrogens with one attached hydrogen (secondary N) is 1. The Morgan fingerprint density at radius 3 is 2.52 bits per heavy atom. The zero-order valence-corrected chi connectivity index (χ0v) is 37.8. The first-order chi connectivity index (χ1) is 29.7. The van der Waals surface area contributed by atoms with Crippen molar-refractivity contribution in [1.82, 2.24) is 14.6 Å². The van der Waals surface area contributed by atoms with Gasteiger partial charge in [0, 0.05) is 30.7 Å². The fourth-order valence-electron chi connectivity index (χ4n) is 9.54. The number of aromatic nitrogens is 1. The number of esters is 1. The molecule has 1 aromatic carbocycles. The van der Waals surface area contributed by atoms with Gasteiger partial charge in [-0.05, 0) is 107 Å². The van der Waals surface area contributed by atoms with Crippen LogP contribution in [0.4, 0.5) is 13.2 Å². The Morgan fingerprint density at radius 1 is 1.11 bits per heavy atom. The Balaban J connectivity index is 1.26. The molecule has 0 bridgehead atoms. The van der Waals surface area contributed by atoms with Gasteiger partial charge in [0.25, 0.3) is 5.92 Å². The Labute approximate surface area is 367 Å². The Bertz CT molecular complexity index is 2260. The van der Waals surface area contributed by atoms with Crippen LogP contribution in [0.2, 0.25) is 0 Å². The molecule has 2 aliphatic carbocycles. The minimum atomic E-state index is -4.41. The lowest BCUT2D eigenvalue weighted by molar-refractivity contribution is -0.197. The van der Waals surface area contributed by atoms with Gasteiger partial charge in [-0.15, -0.1) is 0 Å². The molecule has 3 aliphatic heterocycles. The van der Waals surface area contributed by atoms with Crippen molar-refractivity contribution in [3.63, 3.8) is 0 Å². The largest absolute Gasteiger partial charge is 0.497 e. The predicted octanol–water partition coefficient (Wildman–Crippen LogP) is 7.22. The summed E-state index contributed by atoms with van der Waals surface area (Å²) in [7, 11) is -2.85. The van der Waals surface area contributed by atoms with Crippen LogP contribution in [-0.4, -0.2) is 97.2 Å². The number of Topliss-reactive ketones (excluding diaryl/α,β-unsaturated/α-hetero) is 1. The van der Waals surface area contributed by atoms with E-state index in [2.05, 4.69) is 4.72 Å². The number of carbonyl (C=O) groups excluding carboxylic acids is 4. The number of hydrogen-bond donors (Lipinski definition) is 1. The summed E-state index contributed by atoms with van der Waals surface area (Å²) in [4.78, 5) is 64.0. The van der Waals surface area contributed by atoms with Gasteiger partial charge in [0.15, 0.2) is 11.4 Å². The summed E-state index contributed by atoms with van der Waals surface area (Å²) in [6, 6.07) is 4.27. The van der Waals surface area contributed by atoms with E-state index in [0.29, 0.717) is 62.7 Å². The molecule has 0 radical (unpaired) electrons. The zero-order valence-electron chi connectivity index (χ0n) is 37.0. The van der Waals surface area contributed by atoms with Gasteiger partial charge in [-0.1, -0.05) is 32.4 Å². The van der Waals surface area contributed by atoms with Crippen molar-refractivity contribution in [3.8, 4) is 17.5 Å². The molecule has 4 heterocycles. The van der Waals surface area contributed by atoms with Crippen molar-refractivity contribution in [2.24, 2.45) is 29.1 Å². The third kappa shape index (κ3) is 9.27. The number of nitrogens with zero attached hydrogens (tertiary/aromatic N) is 2. The summed E-state index contributed by atoms with van der Waals surface area (Å²) in [5.41, 5.74) is -2.77. The molecule has 1 N–H and O–H groups in total. The highest BCUT2D eigenvalue weighted by atomic mass is 32.2. The van der Waals surface area contributed by atoms with E-state index >= 15 is 4.79 Å². The van der Waals surface area contributed by atoms with Crippen LogP contribution in [-0.2, 0) is 40.4 Å². The van der Waals surface area contributed by atoms with Gasteiger partial charge in [0.2, 0.25) is 33.6 Å². The van der Waals surface area contributed by atoms with E-state index in [4.69, 9.17) is 23.9 Å². The minimum absolute atomic E-state index is 0.0385. The van der Waals surface area contributed by atoms with Crippen LogP contribution in [0.3, 0.4) is 0 Å². The molecule has 346 valence electrons. The van der Waals surface area contributed by atoms with Gasteiger partial charge in [-0.25, -0.2) is 21.6 Å². The van der Waals surface area contributed by atoms with Crippen LogP contribution in [0.5, 0.6) is 17.5 Å². The second kappa shape index (κ2) is 17.5. The lowest BCUT2D eigenvalue weighted by atomic mass is 9.79. The number of allylic oxidation sites excluding steroid dienone is 2. The van der Waals surface area contributed by atoms with E-state index < -0.39 is 105 Å². The second-order valence-corrected chi connectivity index (χ2v) is 21.2. The number of ketones is 1. The quantitative estimate of drug-likeness (QED) is 0.169. The molecule has 0 unspecified atom stereocenters. The number of rotatable bonds is 12. The first-order valence-corrected chi connectivity index (χ1v) is 23.7. The minimum Gasteiger partial charge on any atom is -0.497 e. The van der Waals surface area contributed by atoms with Gasteiger partial charge >= 0.3 is 5.97 Å². The van der Waals surface area contributed by atoms with Gasteiger partial charge < -0.3 is 23.8 Å². The number of carbonyl (C=O) groups is 4. The van der Waals surface area contributed by atoms with Crippen molar-refractivity contribution in [2.75, 3.05) is 26.9 Å². The normalized spacial score (nSPS) is 29.2. The summed E-state index contributed by atoms with van der Waals surface area (Å²) in [5, 5.41) is 1.47. The van der Waals surface area contributed by atoms with E-state index in [1.54, 1.807) is 13.2 Å². The molecule has 0 spiro atoms. The molecule has 1 saturated heterocycles. The van der Waals surface area contributed by atoms with Gasteiger partial charge in [0.1, 0.15) is 23.3 Å². The molecular weight excluding hydrogens is 844 g/mol. The lowest BCUT2D eigenvalue weighted by Gasteiger charge is -2.35. The van der Waals surface area contributed by atoms with E-state index in [1.807, 2.05) is 38.1 Å². The number of amides is 2. The van der Waals surface area contributed by atoms with E-state index in [-0.39, 0.29) is 44.0 Å². The molecule has 7 rings (SSSR count). The van der Waals surface area contributed by atoms with Crippen LogP contribution in [0.15, 0.2) is 30.4 Å². The summed E-state index contributed by atoms with van der Waals surface area (Å²) in [6.45, 7) is 5.96. The number of pyridine rings is 1. The molecule has 5 aliphatic rings. The van der Waals surface area contributed by atoms with Crippen LogP contribution in [0, 0.1) is 29.1 Å². The fraction of sp³-hybridized carbons (Fsp3) is 0.674. The first-order valence-electron chi connectivity index (χ1n) is 22.2. The summed E-state index contributed by atoms with van der Waals surface area (Å²) >= 11 is 0. The summed E-state index contributed by atoms with van der Waals surface area (Å²) in [5.74, 6) is -7.08. The maximum absolute atomic E-state index is 15.2. The highest BCUT2D eigenvalue weighted by Crippen LogP contribution is 2.58. The first kappa shape index (κ1) is 46.6. The highest BCUT2D eigenvalue weighted by Gasteiger charge is 2.63. The van der Waals surface area contributed by atoms with E-state index in [1.165, 1.54) is 4.90 Å². The summed E-state index contributed by atoms with van der Waals surface area (Å²) < 4.78 is 93.7. The molecule has 13 nitrogen and oxygen atoms in total. The smallest absolute Gasteiger partial charge is 0.307 e. The van der Waals surface area contributed by atoms with Crippen LogP contribution in [0.1, 0.15) is 111 Å². The van der Waals surface area contributed by atoms with Crippen molar-refractivity contribution in [3.05, 3.63) is 35.9 Å². The SMILES string of the molecule is CC[C@@H]1C[C@@H](C)CC/C=C\[C@@H]2C[C@@]2(C(=O)NS(=O)(=O)C2(CF)CC2)CC(=O)[C@@H]2C[C@@H](Oc3nc4c(c5cc(OC)ccc35)CCCO4)CN2C(=O)[C@H]1CC(=O)OC(C)(C)C(C)(F)F. The number of alkyl halides is 3. The molecule has 2 saturated carbocycles. The van der Waals surface area contributed by atoms with Crippen LogP contribution < -0.4 is 18.9 Å². The van der Waals surface area contributed by atoms with Crippen molar-refractivity contribution >= 4 is 44.4 Å². The number of fused-ring (bicyclic) bond motifs is 5. The van der Waals surface area contributed by atoms with Crippen LogP contribution in [0.25, 0.3) is 10.8 Å². The number of halogens is 3. The van der Waals surface area contributed by atoms with Crippen LogP contribution >= 0.6 is 0 Å². The third-order valence-electron chi connectivity index (χ3n) is 14.3. The number of methoxy groups -OCH3 is 1. The Morgan fingerprint density at radius 2 is 1.86 bits per heavy atom. The van der Waals surface area contributed by atoms with Crippen molar-refractivity contribution in [2.45, 2.75) is 140 Å². The maximum atomic E-state index is 15.2. The van der Waals surface area contributed by atoms with Gasteiger partial charge in [-0.3, -0.25) is 23.9 Å². The number of ether oxygens (including phenoxy) is 4. The predicted molar refractivity (Wildman–Crippen MR) is 227 cm³/mol. The molecule has 2 aromatic rings. The number of benzene rings is 1. The highest BCUT2D eigenvalue weighted by molar-refractivity contribution is 7.91. The second-order valence-electron chi connectivity index (χ2n) is 19.1. The monoisotopic (exact) mass is 903 g/mol. The Kier molecular flexibility index (Phi) is 13.0. The zero-order chi connectivity index (χ0) is 45.7. The fourth-order valence-corrected chi connectivity index (χ4v) is 11.0. The molecule has 3 fully saturated rings. The average molecular weight is 904 g/mol. The molecule has 17 heteroatoms. The van der Waals surface area contributed by atoms with Gasteiger partial charge in [0.05, 0.1) is 44.1 Å². The standard InChI is InChI=1S/C46H60F3N3O10S/c1-7-28-19-27(2)11-8-9-12-29-23-46(29,42(56)51-63(57,58)45(26-47)16-17-45)24-37(53)36-21-31(25-52(36)41(55)34(28)22-38(54)62-43(3,4)44(5,48)49)61-40-33-15-14-30(59-6)20-35(33)32-13-10-18-60-39(32)50-40/h9,12,14-15,20,27-29,31,34,36H,7-8,10-11,13,16-19,21-26H2,1-6H3,(H,51,56)/b12-9-/t27-,28+,29+,31+,34-,36-,46+/m0/s1. The molecule has 7 atom stereocenters. The topological polar surface area (TPSA) is 168 Å². The van der Waals surface area contributed by atoms with Gasteiger partial charge in [-0.2, -0.15) is 4.98 Å². The molecule has 63 heavy (non-hydrogen) atoms. The number of aryl methyl sites for hydroxylation is 1. The van der Waals surface area contributed by atoms with E-state index in [0.717, 1.165) is 31.2 Å². The van der Waals surface area contributed by atoms with Crippen molar-refractivity contribution < 1.29 is 59.7 Å². The third-order valence-corrected chi connectivity index (χ3v) is 16.4. The maximum Gasteiger partial charge on any atom is 0.307 e. The molecule has 2 amide bonds. The Hall–Kier alpha value is -4.41. The van der Waals surface area contributed by atoms with Crippen molar-refractivity contribution in [1.29, 1.82) is 0 Å². The molecule has 1 aromatic heterocycles. The average Bonchev–Trinajstić information content (AvgIpc) is 4.14. The number of sulfonamides is 1. The lowest BCUT2D eigenvalue weighted by Crippen LogP contribution is -2.49.